The number of guanidine groups is 1. The monoisotopic (exact) mass is 486 g/mol. The van der Waals surface area contributed by atoms with Crippen LogP contribution < -0.4 is 5.32 Å². The van der Waals surface area contributed by atoms with Gasteiger partial charge in [0.1, 0.15) is 5.65 Å². The quantitative estimate of drug-likeness (QED) is 0.342. The van der Waals surface area contributed by atoms with Crippen molar-refractivity contribution in [3.63, 3.8) is 0 Å². The summed E-state index contributed by atoms with van der Waals surface area (Å²) >= 11 is 6.05. The van der Waals surface area contributed by atoms with Crippen molar-refractivity contribution < 1.29 is 0 Å². The zero-order valence-electron chi connectivity index (χ0n) is 15.2. The maximum atomic E-state index is 6.05. The summed E-state index contributed by atoms with van der Waals surface area (Å²) in [5.41, 5.74) is 3.17. The van der Waals surface area contributed by atoms with Crippen molar-refractivity contribution in [1.29, 1.82) is 0 Å². The van der Waals surface area contributed by atoms with Gasteiger partial charge in [0.25, 0.3) is 0 Å². The van der Waals surface area contributed by atoms with Gasteiger partial charge in [-0.05, 0) is 18.2 Å². The topological polar surface area (TPSA) is 49.9 Å². The summed E-state index contributed by atoms with van der Waals surface area (Å²) < 4.78 is 4.07. The molecule has 3 aromatic heterocycles. The summed E-state index contributed by atoms with van der Waals surface area (Å²) in [7, 11) is 5.80. The third-order valence-corrected chi connectivity index (χ3v) is 4.33. The van der Waals surface area contributed by atoms with E-state index >= 15 is 0 Å². The Hall–Kier alpha value is -1.74. The Morgan fingerprint density at radius 2 is 2.15 bits per heavy atom. The molecule has 8 heteroatoms. The molecule has 0 aliphatic carbocycles. The summed E-state index contributed by atoms with van der Waals surface area (Å²) in [6, 6.07) is 7.98. The van der Waals surface area contributed by atoms with E-state index in [9.17, 15) is 0 Å². The van der Waals surface area contributed by atoms with Crippen LogP contribution in [0.3, 0.4) is 0 Å². The van der Waals surface area contributed by atoms with Crippen molar-refractivity contribution in [2.45, 2.75) is 13.0 Å². The SMILES string of the molecule is CN=C(NCCc1cn2ccccc2n1)N(C)Cc1cc(Cl)cn1C.I. The minimum absolute atomic E-state index is 0. The molecule has 1 N–H and O–H groups in total. The van der Waals surface area contributed by atoms with Crippen molar-refractivity contribution in [2.24, 2.45) is 12.0 Å². The maximum Gasteiger partial charge on any atom is 0.193 e. The highest BCUT2D eigenvalue weighted by atomic mass is 127. The van der Waals surface area contributed by atoms with E-state index in [1.54, 1.807) is 7.05 Å². The van der Waals surface area contributed by atoms with Crippen LogP contribution in [0.1, 0.15) is 11.4 Å². The summed E-state index contributed by atoms with van der Waals surface area (Å²) in [4.78, 5) is 11.1. The largest absolute Gasteiger partial charge is 0.356 e. The second kappa shape index (κ2) is 9.27. The molecule has 3 rings (SSSR count). The predicted octanol–water partition coefficient (Wildman–Crippen LogP) is 3.19. The van der Waals surface area contributed by atoms with Crippen molar-refractivity contribution in [3.8, 4) is 0 Å². The number of nitrogens with zero attached hydrogens (tertiary/aromatic N) is 5. The van der Waals surface area contributed by atoms with Gasteiger partial charge in [0.15, 0.2) is 5.96 Å². The molecule has 0 bridgehead atoms. The van der Waals surface area contributed by atoms with Crippen LogP contribution in [-0.4, -0.2) is 45.5 Å². The first kappa shape index (κ1) is 20.6. The zero-order valence-corrected chi connectivity index (χ0v) is 18.3. The first-order chi connectivity index (χ1) is 12.1. The summed E-state index contributed by atoms with van der Waals surface area (Å²) in [6.45, 7) is 1.51. The van der Waals surface area contributed by atoms with Gasteiger partial charge in [-0.25, -0.2) is 4.98 Å². The third kappa shape index (κ3) is 4.91. The van der Waals surface area contributed by atoms with Gasteiger partial charge >= 0.3 is 0 Å². The maximum absolute atomic E-state index is 6.05. The van der Waals surface area contributed by atoms with Crippen molar-refractivity contribution in [1.82, 2.24) is 24.2 Å². The fourth-order valence-corrected chi connectivity index (χ4v) is 3.11. The molecule has 0 aliphatic rings. The normalized spacial score (nSPS) is 11.5. The van der Waals surface area contributed by atoms with E-state index in [-0.39, 0.29) is 24.0 Å². The molecule has 26 heavy (non-hydrogen) atoms. The number of hydrogen-bond donors (Lipinski definition) is 1. The molecule has 0 unspecified atom stereocenters. The van der Waals surface area contributed by atoms with Gasteiger partial charge in [-0.3, -0.25) is 4.99 Å². The lowest BCUT2D eigenvalue weighted by Gasteiger charge is -2.22. The summed E-state index contributed by atoms with van der Waals surface area (Å²) in [6.07, 6.45) is 6.82. The molecule has 0 spiro atoms. The molecule has 0 fully saturated rings. The van der Waals surface area contributed by atoms with Crippen molar-refractivity contribution in [3.05, 3.63) is 59.3 Å². The number of imidazole rings is 1. The van der Waals surface area contributed by atoms with E-state index in [1.165, 1.54) is 0 Å². The lowest BCUT2D eigenvalue weighted by molar-refractivity contribution is 0.462. The van der Waals surface area contributed by atoms with Crippen LogP contribution in [0.15, 0.2) is 47.8 Å². The Kier molecular flexibility index (Phi) is 7.33. The van der Waals surface area contributed by atoms with Gasteiger partial charge in [-0.15, -0.1) is 24.0 Å². The van der Waals surface area contributed by atoms with E-state index in [1.807, 2.05) is 59.7 Å². The molecule has 0 saturated heterocycles. The Balaban J connectivity index is 0.00000243. The van der Waals surface area contributed by atoms with Gasteiger partial charge in [-0.1, -0.05) is 17.7 Å². The van der Waals surface area contributed by atoms with Gasteiger partial charge in [0.05, 0.1) is 17.3 Å². The van der Waals surface area contributed by atoms with Crippen LogP contribution in [0, 0.1) is 0 Å². The number of fused-ring (bicyclic) bond motifs is 1. The van der Waals surface area contributed by atoms with Crippen molar-refractivity contribution >= 4 is 47.2 Å². The molecule has 3 heterocycles. The number of aliphatic imine (C=N–C) groups is 1. The molecule has 0 atom stereocenters. The number of hydrogen-bond acceptors (Lipinski definition) is 2. The molecule has 140 valence electrons. The van der Waals surface area contributed by atoms with Gasteiger partial charge < -0.3 is 19.2 Å². The highest BCUT2D eigenvalue weighted by molar-refractivity contribution is 14.0. The minimum atomic E-state index is 0. The Morgan fingerprint density at radius 3 is 2.81 bits per heavy atom. The van der Waals surface area contributed by atoms with Gasteiger partial charge in [-0.2, -0.15) is 0 Å². The summed E-state index contributed by atoms with van der Waals surface area (Å²) in [5, 5.41) is 4.14. The van der Waals surface area contributed by atoms with E-state index in [0.29, 0.717) is 0 Å². The molecular weight excluding hydrogens is 463 g/mol. The van der Waals surface area contributed by atoms with Crippen LogP contribution >= 0.6 is 35.6 Å². The highest BCUT2D eigenvalue weighted by Gasteiger charge is 2.10. The van der Waals surface area contributed by atoms with E-state index in [2.05, 4.69) is 26.4 Å². The molecule has 0 saturated carbocycles. The number of aryl methyl sites for hydroxylation is 1. The Bertz CT molecular complexity index is 852. The molecule has 0 amide bonds. The number of halogens is 2. The summed E-state index contributed by atoms with van der Waals surface area (Å²) in [5.74, 6) is 0.848. The number of nitrogens with one attached hydrogen (secondary N) is 1. The van der Waals surface area contributed by atoms with Crippen LogP contribution in [-0.2, 0) is 20.0 Å². The lowest BCUT2D eigenvalue weighted by atomic mass is 10.3. The predicted molar refractivity (Wildman–Crippen MR) is 118 cm³/mol. The van der Waals surface area contributed by atoms with Crippen LogP contribution in [0.2, 0.25) is 5.02 Å². The standard InChI is InChI=1S/C18H23ClN6.HI/c1-20-18(24(3)13-16-10-14(19)11-23(16)2)21-8-7-15-12-25-9-5-4-6-17(25)22-15;/h4-6,9-12H,7-8,13H2,1-3H3,(H,20,21);1H. The number of pyridine rings is 1. The molecule has 6 nitrogen and oxygen atoms in total. The Morgan fingerprint density at radius 1 is 1.35 bits per heavy atom. The van der Waals surface area contributed by atoms with Crippen LogP contribution in [0.5, 0.6) is 0 Å². The average molecular weight is 487 g/mol. The van der Waals surface area contributed by atoms with Crippen molar-refractivity contribution in [2.75, 3.05) is 20.6 Å². The van der Waals surface area contributed by atoms with E-state index in [0.717, 1.165) is 47.5 Å². The first-order valence-corrected chi connectivity index (χ1v) is 8.60. The fourth-order valence-electron chi connectivity index (χ4n) is 2.84. The fraction of sp³-hybridized carbons (Fsp3) is 0.333. The van der Waals surface area contributed by atoms with E-state index < -0.39 is 0 Å². The average Bonchev–Trinajstić information content (AvgIpc) is 3.13. The van der Waals surface area contributed by atoms with Crippen LogP contribution in [0.4, 0.5) is 0 Å². The molecule has 3 aromatic rings. The van der Waals surface area contributed by atoms with E-state index in [4.69, 9.17) is 11.6 Å². The molecule has 0 radical (unpaired) electrons. The third-order valence-electron chi connectivity index (χ3n) is 4.13. The second-order valence-electron chi connectivity index (χ2n) is 6.04. The molecular formula is C18H24ClIN6. The second-order valence-corrected chi connectivity index (χ2v) is 6.48. The minimum Gasteiger partial charge on any atom is -0.356 e. The smallest absolute Gasteiger partial charge is 0.193 e. The zero-order chi connectivity index (χ0) is 17.8. The first-order valence-electron chi connectivity index (χ1n) is 8.22. The molecule has 0 aromatic carbocycles. The number of aromatic nitrogens is 3. The van der Waals surface area contributed by atoms with Gasteiger partial charge in [0.2, 0.25) is 0 Å². The Labute approximate surface area is 175 Å². The lowest BCUT2D eigenvalue weighted by Crippen LogP contribution is -2.39. The molecule has 0 aliphatic heterocycles. The van der Waals surface area contributed by atoms with Crippen LogP contribution in [0.25, 0.3) is 5.65 Å². The van der Waals surface area contributed by atoms with Gasteiger partial charge in [0, 0.05) is 58.4 Å². The number of rotatable bonds is 5. The highest BCUT2D eigenvalue weighted by Crippen LogP contribution is 2.14.